The van der Waals surface area contributed by atoms with Crippen LogP contribution in [-0.2, 0) is 20.9 Å². The van der Waals surface area contributed by atoms with E-state index >= 15 is 0 Å². The lowest BCUT2D eigenvalue weighted by Gasteiger charge is -2.31. The molecule has 3 aromatic heterocycles. The summed E-state index contributed by atoms with van der Waals surface area (Å²) in [5.41, 5.74) is 1.94. The number of piperidine rings is 1. The molecule has 1 saturated heterocycles. The summed E-state index contributed by atoms with van der Waals surface area (Å²) in [6.45, 7) is 2.43. The lowest BCUT2D eigenvalue weighted by atomic mass is 10.0. The zero-order valence-electron chi connectivity index (χ0n) is 25.1. The predicted octanol–water partition coefficient (Wildman–Crippen LogP) is 0.994. The molecule has 0 bridgehead atoms. The van der Waals surface area contributed by atoms with Crippen LogP contribution < -0.4 is 16.0 Å². The number of hydrogen-bond donors (Lipinski definition) is 3. The Morgan fingerprint density at radius 3 is 2.70 bits per heavy atom. The average Bonchev–Trinajstić information content (AvgIpc) is 3.79. The lowest BCUT2D eigenvalue weighted by molar-refractivity contribution is -0.136. The summed E-state index contributed by atoms with van der Waals surface area (Å²) in [5.74, 6) is -3.30. The molecule has 1 aromatic carbocycles. The number of pyridine rings is 1. The quantitative estimate of drug-likeness (QED) is 0.217. The van der Waals surface area contributed by atoms with Gasteiger partial charge in [-0.15, -0.1) is 0 Å². The second-order valence-corrected chi connectivity index (χ2v) is 10.8. The molecule has 2 aliphatic rings. The number of imide groups is 2. The number of aryl methyl sites for hydroxylation is 1. The Kier molecular flexibility index (Phi) is 8.04. The summed E-state index contributed by atoms with van der Waals surface area (Å²) in [4.78, 5) is 85.3. The van der Waals surface area contributed by atoms with Crippen LogP contribution in [0.25, 0.3) is 5.52 Å². The second kappa shape index (κ2) is 12.3. The summed E-state index contributed by atoms with van der Waals surface area (Å²) < 4.78 is 3.35. The van der Waals surface area contributed by atoms with Crippen molar-refractivity contribution < 1.29 is 28.8 Å². The number of carbonyl (C=O) groups excluding carboxylic acids is 6. The number of imidazole rings is 1. The van der Waals surface area contributed by atoms with Crippen LogP contribution in [0.15, 0.2) is 61.3 Å². The molecule has 5 heterocycles. The van der Waals surface area contributed by atoms with Crippen LogP contribution in [0, 0.1) is 0 Å². The minimum Gasteiger partial charge on any atom is -0.383 e. The van der Waals surface area contributed by atoms with Gasteiger partial charge in [0.2, 0.25) is 17.7 Å². The Morgan fingerprint density at radius 2 is 1.93 bits per heavy atom. The molecule has 6 amide bonds. The van der Waals surface area contributed by atoms with Crippen molar-refractivity contribution >= 4 is 46.6 Å². The number of nitrogens with zero attached hydrogens (tertiary/aromatic N) is 6. The Bertz CT molecular complexity index is 1900. The van der Waals surface area contributed by atoms with Crippen molar-refractivity contribution in [2.75, 3.05) is 25.5 Å². The molecular formula is C31H31N9O6. The fourth-order valence-electron chi connectivity index (χ4n) is 6.02. The molecule has 0 radical (unpaired) electrons. The molecule has 2 aliphatic heterocycles. The van der Waals surface area contributed by atoms with Crippen LogP contribution >= 0.6 is 0 Å². The molecule has 2 unspecified atom stereocenters. The topological polar surface area (TPSA) is 180 Å². The van der Waals surface area contributed by atoms with Crippen LogP contribution in [0.3, 0.4) is 0 Å². The Hall–Kier alpha value is -5.86. The molecular weight excluding hydrogens is 594 g/mol. The van der Waals surface area contributed by atoms with E-state index < -0.39 is 47.5 Å². The molecule has 2 atom stereocenters. The summed E-state index contributed by atoms with van der Waals surface area (Å²) in [5, 5.41) is 12.3. The summed E-state index contributed by atoms with van der Waals surface area (Å²) in [7, 11) is 1.49. The van der Waals surface area contributed by atoms with E-state index in [1.807, 2.05) is 6.92 Å². The third-order valence-corrected chi connectivity index (χ3v) is 8.21. The number of fused-ring (bicyclic) bond motifs is 2. The normalized spacial score (nSPS) is 16.7. The molecule has 1 fully saturated rings. The van der Waals surface area contributed by atoms with Gasteiger partial charge < -0.3 is 19.9 Å². The average molecular weight is 626 g/mol. The number of hydrogen-bond acceptors (Lipinski definition) is 9. The maximum Gasteiger partial charge on any atom is 0.264 e. The van der Waals surface area contributed by atoms with Crippen molar-refractivity contribution in [2.45, 2.75) is 38.4 Å². The predicted molar refractivity (Wildman–Crippen MR) is 163 cm³/mol. The van der Waals surface area contributed by atoms with Gasteiger partial charge in [0.15, 0.2) is 6.04 Å². The smallest absolute Gasteiger partial charge is 0.264 e. The maximum absolute atomic E-state index is 14.3. The second-order valence-electron chi connectivity index (χ2n) is 10.8. The molecule has 15 nitrogen and oxygen atoms in total. The van der Waals surface area contributed by atoms with Crippen LogP contribution in [0.5, 0.6) is 0 Å². The van der Waals surface area contributed by atoms with Crippen molar-refractivity contribution in [3.63, 3.8) is 0 Å². The van der Waals surface area contributed by atoms with E-state index in [9.17, 15) is 28.8 Å². The molecule has 3 N–H and O–H groups in total. The van der Waals surface area contributed by atoms with Gasteiger partial charge in [-0.3, -0.25) is 43.7 Å². The first kappa shape index (κ1) is 30.2. The Labute approximate surface area is 262 Å². The van der Waals surface area contributed by atoms with Gasteiger partial charge in [-0.2, -0.15) is 5.10 Å². The first-order valence-corrected chi connectivity index (χ1v) is 14.8. The van der Waals surface area contributed by atoms with Gasteiger partial charge in [0.1, 0.15) is 6.04 Å². The van der Waals surface area contributed by atoms with Gasteiger partial charge >= 0.3 is 0 Å². The maximum atomic E-state index is 14.3. The summed E-state index contributed by atoms with van der Waals surface area (Å²) in [6, 6.07) is 7.64. The van der Waals surface area contributed by atoms with E-state index in [0.717, 1.165) is 4.90 Å². The molecule has 6 rings (SSSR count). The minimum absolute atomic E-state index is 0.00364. The summed E-state index contributed by atoms with van der Waals surface area (Å²) in [6.07, 6.45) is 6.52. The highest BCUT2D eigenvalue weighted by Gasteiger charge is 2.45. The van der Waals surface area contributed by atoms with Gasteiger partial charge in [-0.05, 0) is 43.7 Å². The van der Waals surface area contributed by atoms with Crippen molar-refractivity contribution in [3.8, 4) is 0 Å². The van der Waals surface area contributed by atoms with Gasteiger partial charge in [0.05, 0.1) is 40.4 Å². The molecule has 46 heavy (non-hydrogen) atoms. The van der Waals surface area contributed by atoms with E-state index in [0.29, 0.717) is 29.0 Å². The monoisotopic (exact) mass is 625 g/mol. The number of rotatable bonds is 10. The third kappa shape index (κ3) is 5.14. The first-order valence-electron chi connectivity index (χ1n) is 14.8. The van der Waals surface area contributed by atoms with E-state index in [2.05, 4.69) is 26.0 Å². The van der Waals surface area contributed by atoms with E-state index in [1.165, 1.54) is 18.0 Å². The minimum atomic E-state index is -1.10. The van der Waals surface area contributed by atoms with Gasteiger partial charge in [-0.1, -0.05) is 6.07 Å². The fourth-order valence-corrected chi connectivity index (χ4v) is 6.02. The van der Waals surface area contributed by atoms with Gasteiger partial charge in [-0.25, -0.2) is 4.98 Å². The first-order chi connectivity index (χ1) is 22.2. The van der Waals surface area contributed by atoms with Gasteiger partial charge in [0, 0.05) is 51.2 Å². The third-order valence-electron chi connectivity index (χ3n) is 8.21. The van der Waals surface area contributed by atoms with E-state index in [4.69, 9.17) is 0 Å². The molecule has 0 spiro atoms. The molecule has 0 saturated carbocycles. The van der Waals surface area contributed by atoms with Crippen molar-refractivity contribution in [3.05, 3.63) is 83.7 Å². The number of aromatic nitrogens is 4. The summed E-state index contributed by atoms with van der Waals surface area (Å²) >= 11 is 0. The highest BCUT2D eigenvalue weighted by Crippen LogP contribution is 2.33. The SMILES string of the molecule is CCn1nccc1C(C(=O)NC)N(CCNc1cccc2c1C(=O)N(C1CCC(=O)NC1=O)C2=O)C(=O)c1cccn2cncc12. The zero-order valence-corrected chi connectivity index (χ0v) is 25.1. The van der Waals surface area contributed by atoms with Crippen LogP contribution in [0.2, 0.25) is 0 Å². The Balaban J connectivity index is 1.31. The lowest BCUT2D eigenvalue weighted by Crippen LogP contribution is -2.54. The van der Waals surface area contributed by atoms with Crippen molar-refractivity contribution in [1.29, 1.82) is 0 Å². The van der Waals surface area contributed by atoms with E-state index in [1.54, 1.807) is 64.3 Å². The number of carbonyl (C=O) groups is 6. The number of amides is 6. The van der Waals surface area contributed by atoms with Gasteiger partial charge in [0.25, 0.3) is 17.7 Å². The number of benzene rings is 1. The zero-order chi connectivity index (χ0) is 32.5. The van der Waals surface area contributed by atoms with Crippen LogP contribution in [0.4, 0.5) is 5.69 Å². The fraction of sp³-hybridized carbons (Fsp3) is 0.290. The number of nitrogens with one attached hydrogen (secondary N) is 3. The Morgan fingerprint density at radius 1 is 1.11 bits per heavy atom. The number of anilines is 1. The molecule has 236 valence electrons. The highest BCUT2D eigenvalue weighted by molar-refractivity contribution is 6.25. The van der Waals surface area contributed by atoms with Crippen LogP contribution in [0.1, 0.15) is 62.6 Å². The largest absolute Gasteiger partial charge is 0.383 e. The molecule has 0 aliphatic carbocycles. The van der Waals surface area contributed by atoms with Crippen molar-refractivity contribution in [1.82, 2.24) is 39.6 Å². The highest BCUT2D eigenvalue weighted by atomic mass is 16.2. The van der Waals surface area contributed by atoms with Crippen molar-refractivity contribution in [2.24, 2.45) is 0 Å². The van der Waals surface area contributed by atoms with E-state index in [-0.39, 0.29) is 37.1 Å². The van der Waals surface area contributed by atoms with Crippen LogP contribution in [-0.4, -0.2) is 90.6 Å². The molecule has 4 aromatic rings. The number of likely N-dealkylation sites (N-methyl/N-ethyl adjacent to an activating group) is 1. The standard InChI is InChI=1S/C31H31N9O6/c1-3-39-21(11-12-35-39)26(28(43)32-2)38(29(44)18-7-5-14-37-17-33-16-23(18)37)15-13-34-20-8-4-6-19-25(20)31(46)40(30(19)45)22-9-10-24(41)36-27(22)42/h4-8,11-12,14,16-17,22,26,34H,3,9-10,13,15H2,1-2H3,(H,32,43)(H,36,41,42). The molecule has 15 heteroatoms.